The standard InChI is InChI=1S/C18H18FNOS2/c1-2-20(16-9-7-15(19)8-10-16)17(21)13-3-5-14(6-4-13)18-22-11-12-23-18/h3-10,18H,2,11-12H2,1H3. The van der Waals surface area contributed by atoms with Crippen LogP contribution in [0.3, 0.4) is 0 Å². The van der Waals surface area contributed by atoms with Gasteiger partial charge in [-0.05, 0) is 48.9 Å². The zero-order valence-electron chi connectivity index (χ0n) is 12.9. The molecule has 1 aliphatic heterocycles. The van der Waals surface area contributed by atoms with Gasteiger partial charge in [-0.25, -0.2) is 4.39 Å². The fourth-order valence-electron chi connectivity index (χ4n) is 2.55. The molecule has 1 heterocycles. The number of rotatable bonds is 4. The van der Waals surface area contributed by atoms with Crippen molar-refractivity contribution in [2.45, 2.75) is 11.5 Å². The number of halogens is 1. The van der Waals surface area contributed by atoms with E-state index in [-0.39, 0.29) is 11.7 Å². The van der Waals surface area contributed by atoms with E-state index in [2.05, 4.69) is 0 Å². The Morgan fingerprint density at radius 3 is 2.26 bits per heavy atom. The van der Waals surface area contributed by atoms with E-state index in [0.717, 1.165) is 0 Å². The Morgan fingerprint density at radius 2 is 1.70 bits per heavy atom. The lowest BCUT2D eigenvalue weighted by Crippen LogP contribution is -2.30. The Kier molecular flexibility index (Phi) is 5.28. The van der Waals surface area contributed by atoms with Gasteiger partial charge in [0.15, 0.2) is 0 Å². The van der Waals surface area contributed by atoms with E-state index in [1.807, 2.05) is 54.7 Å². The molecular weight excluding hydrogens is 329 g/mol. The number of hydrogen-bond donors (Lipinski definition) is 0. The van der Waals surface area contributed by atoms with Gasteiger partial charge in [0.05, 0.1) is 4.58 Å². The second-order valence-electron chi connectivity index (χ2n) is 5.22. The van der Waals surface area contributed by atoms with Gasteiger partial charge in [-0.1, -0.05) is 12.1 Å². The molecule has 0 bridgehead atoms. The van der Waals surface area contributed by atoms with Crippen LogP contribution in [-0.2, 0) is 0 Å². The van der Waals surface area contributed by atoms with Crippen LogP contribution in [0.15, 0.2) is 48.5 Å². The van der Waals surface area contributed by atoms with E-state index in [1.54, 1.807) is 17.0 Å². The molecule has 0 radical (unpaired) electrons. The molecule has 0 spiro atoms. The number of hydrogen-bond acceptors (Lipinski definition) is 3. The molecule has 2 nitrogen and oxygen atoms in total. The molecule has 0 aliphatic carbocycles. The molecule has 1 fully saturated rings. The van der Waals surface area contributed by atoms with E-state index in [4.69, 9.17) is 0 Å². The highest BCUT2D eigenvalue weighted by Gasteiger charge is 2.20. The maximum Gasteiger partial charge on any atom is 0.258 e. The molecule has 0 atom stereocenters. The topological polar surface area (TPSA) is 20.3 Å². The highest BCUT2D eigenvalue weighted by Crippen LogP contribution is 2.45. The van der Waals surface area contributed by atoms with Gasteiger partial charge in [-0.3, -0.25) is 4.79 Å². The van der Waals surface area contributed by atoms with Gasteiger partial charge in [-0.2, -0.15) is 0 Å². The molecule has 5 heteroatoms. The molecule has 1 amide bonds. The average molecular weight is 347 g/mol. The SMILES string of the molecule is CCN(C(=O)c1ccc(C2SCCS2)cc1)c1ccc(F)cc1. The summed E-state index contributed by atoms with van der Waals surface area (Å²) in [5.41, 5.74) is 2.64. The lowest BCUT2D eigenvalue weighted by molar-refractivity contribution is 0.0988. The number of carbonyl (C=O) groups excluding carboxylic acids is 1. The highest BCUT2D eigenvalue weighted by molar-refractivity contribution is 8.19. The number of benzene rings is 2. The second kappa shape index (κ2) is 7.41. The highest BCUT2D eigenvalue weighted by atomic mass is 32.2. The van der Waals surface area contributed by atoms with Gasteiger partial charge >= 0.3 is 0 Å². The summed E-state index contributed by atoms with van der Waals surface area (Å²) in [6.45, 7) is 2.46. The van der Waals surface area contributed by atoms with Crippen molar-refractivity contribution in [2.24, 2.45) is 0 Å². The van der Waals surface area contributed by atoms with E-state index in [9.17, 15) is 9.18 Å². The third-order valence-electron chi connectivity index (χ3n) is 3.75. The third kappa shape index (κ3) is 3.72. The van der Waals surface area contributed by atoms with Crippen molar-refractivity contribution < 1.29 is 9.18 Å². The monoisotopic (exact) mass is 347 g/mol. The first kappa shape index (κ1) is 16.4. The van der Waals surface area contributed by atoms with Gasteiger partial charge in [0.25, 0.3) is 5.91 Å². The number of anilines is 1. The molecule has 3 rings (SSSR count). The normalized spacial score (nSPS) is 14.9. The summed E-state index contributed by atoms with van der Waals surface area (Å²) >= 11 is 3.90. The fourth-order valence-corrected chi connectivity index (χ4v) is 5.41. The molecule has 2 aromatic rings. The summed E-state index contributed by atoms with van der Waals surface area (Å²) in [5, 5.41) is 0. The number of thioether (sulfide) groups is 2. The molecule has 120 valence electrons. The second-order valence-corrected chi connectivity index (χ2v) is 7.95. The third-order valence-corrected chi connectivity index (χ3v) is 6.86. The summed E-state index contributed by atoms with van der Waals surface area (Å²) in [5.74, 6) is 2.01. The van der Waals surface area contributed by atoms with Crippen LogP contribution in [-0.4, -0.2) is 24.0 Å². The molecule has 0 saturated carbocycles. The van der Waals surface area contributed by atoms with E-state index < -0.39 is 0 Å². The van der Waals surface area contributed by atoms with Crippen molar-refractivity contribution in [3.8, 4) is 0 Å². The maximum absolute atomic E-state index is 13.1. The predicted octanol–water partition coefficient (Wildman–Crippen LogP) is 4.97. The predicted molar refractivity (Wildman–Crippen MR) is 97.8 cm³/mol. The first-order valence-corrected chi connectivity index (χ1v) is 9.69. The van der Waals surface area contributed by atoms with Gasteiger partial charge in [0, 0.05) is 29.3 Å². The Morgan fingerprint density at radius 1 is 1.09 bits per heavy atom. The van der Waals surface area contributed by atoms with Crippen molar-refractivity contribution in [3.05, 3.63) is 65.5 Å². The number of amides is 1. The molecule has 1 saturated heterocycles. The van der Waals surface area contributed by atoms with Crippen LogP contribution in [0.4, 0.5) is 10.1 Å². The van der Waals surface area contributed by atoms with Crippen LogP contribution < -0.4 is 4.90 Å². The largest absolute Gasteiger partial charge is 0.309 e. The molecule has 1 aliphatic rings. The van der Waals surface area contributed by atoms with Crippen molar-refractivity contribution >= 4 is 35.1 Å². The van der Waals surface area contributed by atoms with Crippen molar-refractivity contribution in [1.29, 1.82) is 0 Å². The van der Waals surface area contributed by atoms with E-state index in [0.29, 0.717) is 22.4 Å². The Hall–Kier alpha value is -1.46. The molecule has 0 aromatic heterocycles. The molecule has 23 heavy (non-hydrogen) atoms. The van der Waals surface area contributed by atoms with Crippen LogP contribution in [0.1, 0.15) is 27.4 Å². The first-order chi connectivity index (χ1) is 11.2. The van der Waals surface area contributed by atoms with Crippen molar-refractivity contribution in [2.75, 3.05) is 23.0 Å². The van der Waals surface area contributed by atoms with Crippen molar-refractivity contribution in [3.63, 3.8) is 0 Å². The Balaban J connectivity index is 1.78. The van der Waals surface area contributed by atoms with Crippen LogP contribution in [0.5, 0.6) is 0 Å². The van der Waals surface area contributed by atoms with Crippen LogP contribution in [0.2, 0.25) is 0 Å². The first-order valence-electron chi connectivity index (χ1n) is 7.59. The smallest absolute Gasteiger partial charge is 0.258 e. The fraction of sp³-hybridized carbons (Fsp3) is 0.278. The lowest BCUT2D eigenvalue weighted by atomic mass is 10.1. The molecule has 0 N–H and O–H groups in total. The molecule has 2 aromatic carbocycles. The zero-order chi connectivity index (χ0) is 16.2. The maximum atomic E-state index is 13.1. The van der Waals surface area contributed by atoms with Crippen LogP contribution in [0, 0.1) is 5.82 Å². The lowest BCUT2D eigenvalue weighted by Gasteiger charge is -2.21. The van der Waals surface area contributed by atoms with Gasteiger partial charge in [0.1, 0.15) is 5.82 Å². The van der Waals surface area contributed by atoms with E-state index in [1.165, 1.54) is 29.2 Å². The summed E-state index contributed by atoms with van der Waals surface area (Å²) in [6.07, 6.45) is 0. The summed E-state index contributed by atoms with van der Waals surface area (Å²) in [6, 6.07) is 13.9. The molecule has 0 unspecified atom stereocenters. The minimum atomic E-state index is -0.298. The number of nitrogens with zero attached hydrogens (tertiary/aromatic N) is 1. The summed E-state index contributed by atoms with van der Waals surface area (Å²) in [7, 11) is 0. The number of carbonyl (C=O) groups is 1. The minimum Gasteiger partial charge on any atom is -0.309 e. The minimum absolute atomic E-state index is 0.0580. The van der Waals surface area contributed by atoms with Gasteiger partial charge in [0.2, 0.25) is 0 Å². The van der Waals surface area contributed by atoms with Gasteiger partial charge < -0.3 is 4.90 Å². The quantitative estimate of drug-likeness (QED) is 0.779. The van der Waals surface area contributed by atoms with E-state index >= 15 is 0 Å². The van der Waals surface area contributed by atoms with Crippen LogP contribution >= 0.6 is 23.5 Å². The molecular formula is C18H18FNOS2. The van der Waals surface area contributed by atoms with Crippen LogP contribution in [0.25, 0.3) is 0 Å². The summed E-state index contributed by atoms with van der Waals surface area (Å²) in [4.78, 5) is 14.4. The summed E-state index contributed by atoms with van der Waals surface area (Å²) < 4.78 is 13.5. The average Bonchev–Trinajstić information content (AvgIpc) is 3.12. The van der Waals surface area contributed by atoms with Crippen molar-refractivity contribution in [1.82, 2.24) is 0 Å². The Bertz CT molecular complexity index is 666. The zero-order valence-corrected chi connectivity index (χ0v) is 14.5. The Labute approximate surface area is 144 Å². The van der Waals surface area contributed by atoms with Gasteiger partial charge in [-0.15, -0.1) is 23.5 Å².